The third-order valence-electron chi connectivity index (χ3n) is 4.66. The Morgan fingerprint density at radius 3 is 1.65 bits per heavy atom. The van der Waals surface area contributed by atoms with Gasteiger partial charge in [-0.05, 0) is 23.1 Å². The van der Waals surface area contributed by atoms with Gasteiger partial charge in [0, 0.05) is 12.0 Å². The number of rotatable bonds is 5. The Hall–Kier alpha value is -2.38. The Labute approximate surface area is 138 Å². The van der Waals surface area contributed by atoms with Crippen molar-refractivity contribution < 1.29 is 0 Å². The van der Waals surface area contributed by atoms with Gasteiger partial charge in [0.15, 0.2) is 0 Å². The molecule has 1 fully saturated rings. The van der Waals surface area contributed by atoms with Gasteiger partial charge in [-0.1, -0.05) is 91.0 Å². The quantitative estimate of drug-likeness (QED) is 0.705. The molecule has 0 saturated heterocycles. The summed E-state index contributed by atoms with van der Waals surface area (Å²) in [6.07, 6.45) is 1.22. The molecular formula is C22H21N. The lowest BCUT2D eigenvalue weighted by Crippen LogP contribution is -2.25. The highest BCUT2D eigenvalue weighted by molar-refractivity contribution is 5.34. The van der Waals surface area contributed by atoms with Gasteiger partial charge in [0.1, 0.15) is 0 Å². The first-order valence-electron chi connectivity index (χ1n) is 8.33. The highest BCUT2D eigenvalue weighted by atomic mass is 15.0. The summed E-state index contributed by atoms with van der Waals surface area (Å²) in [7, 11) is 0. The molecule has 0 radical (unpaired) electrons. The topological polar surface area (TPSA) is 12.0 Å². The zero-order valence-electron chi connectivity index (χ0n) is 13.1. The summed E-state index contributed by atoms with van der Waals surface area (Å²) in [5.74, 6) is 0.645. The first-order valence-corrected chi connectivity index (χ1v) is 8.33. The lowest BCUT2D eigenvalue weighted by molar-refractivity contribution is 0.591. The van der Waals surface area contributed by atoms with Gasteiger partial charge in [-0.3, -0.25) is 0 Å². The van der Waals surface area contributed by atoms with E-state index in [1.165, 1.54) is 23.1 Å². The van der Waals surface area contributed by atoms with E-state index in [1.807, 2.05) is 0 Å². The highest BCUT2D eigenvalue weighted by Gasteiger charge is 2.39. The Morgan fingerprint density at radius 2 is 1.13 bits per heavy atom. The maximum atomic E-state index is 3.87. The molecule has 0 amide bonds. The molecule has 0 heterocycles. The number of hydrogen-bond acceptors (Lipinski definition) is 1. The largest absolute Gasteiger partial charge is 0.303 e. The van der Waals surface area contributed by atoms with Crippen LogP contribution < -0.4 is 5.32 Å². The molecule has 1 aliphatic rings. The molecule has 2 atom stereocenters. The Balaban J connectivity index is 1.56. The van der Waals surface area contributed by atoms with Gasteiger partial charge < -0.3 is 5.32 Å². The maximum absolute atomic E-state index is 3.87. The minimum absolute atomic E-state index is 0.260. The van der Waals surface area contributed by atoms with Crippen LogP contribution in [0.25, 0.3) is 0 Å². The summed E-state index contributed by atoms with van der Waals surface area (Å²) < 4.78 is 0. The van der Waals surface area contributed by atoms with Crippen LogP contribution in [0.15, 0.2) is 91.0 Å². The van der Waals surface area contributed by atoms with Crippen molar-refractivity contribution in [3.8, 4) is 0 Å². The molecule has 2 unspecified atom stereocenters. The summed E-state index contributed by atoms with van der Waals surface area (Å²) in [5.41, 5.74) is 4.11. The van der Waals surface area contributed by atoms with Crippen molar-refractivity contribution in [1.82, 2.24) is 5.32 Å². The Kier molecular flexibility index (Phi) is 3.95. The molecule has 1 aliphatic carbocycles. The molecule has 0 aliphatic heterocycles. The zero-order chi connectivity index (χ0) is 15.5. The first-order chi connectivity index (χ1) is 11.4. The molecule has 23 heavy (non-hydrogen) atoms. The van der Waals surface area contributed by atoms with Gasteiger partial charge in [0.05, 0.1) is 6.04 Å². The second-order valence-electron chi connectivity index (χ2n) is 6.28. The van der Waals surface area contributed by atoms with Crippen LogP contribution in [0.2, 0.25) is 0 Å². The normalized spacial score (nSPS) is 19.7. The van der Waals surface area contributed by atoms with E-state index < -0.39 is 0 Å². The number of nitrogens with one attached hydrogen (secondary N) is 1. The molecular weight excluding hydrogens is 278 g/mol. The van der Waals surface area contributed by atoms with Crippen LogP contribution in [0, 0.1) is 0 Å². The second kappa shape index (κ2) is 6.39. The minimum Gasteiger partial charge on any atom is -0.303 e. The molecule has 114 valence electrons. The lowest BCUT2D eigenvalue weighted by atomic mass is 9.98. The van der Waals surface area contributed by atoms with Crippen molar-refractivity contribution in [3.05, 3.63) is 108 Å². The van der Waals surface area contributed by atoms with Crippen LogP contribution in [0.3, 0.4) is 0 Å². The van der Waals surface area contributed by atoms with Gasteiger partial charge in [0.25, 0.3) is 0 Å². The van der Waals surface area contributed by atoms with Crippen LogP contribution in [0.5, 0.6) is 0 Å². The zero-order valence-corrected chi connectivity index (χ0v) is 13.1. The first kappa shape index (κ1) is 14.2. The number of hydrogen-bond donors (Lipinski definition) is 1. The summed E-state index contributed by atoms with van der Waals surface area (Å²) >= 11 is 0. The van der Waals surface area contributed by atoms with Crippen molar-refractivity contribution in [2.75, 3.05) is 0 Å². The fraction of sp³-hybridized carbons (Fsp3) is 0.182. The monoisotopic (exact) mass is 299 g/mol. The van der Waals surface area contributed by atoms with Gasteiger partial charge in [-0.15, -0.1) is 0 Å². The molecule has 0 spiro atoms. The Bertz CT molecular complexity index is 697. The average molecular weight is 299 g/mol. The summed E-state index contributed by atoms with van der Waals surface area (Å²) in [5, 5.41) is 3.87. The van der Waals surface area contributed by atoms with Gasteiger partial charge >= 0.3 is 0 Å². The van der Waals surface area contributed by atoms with Crippen LogP contribution in [-0.2, 0) is 0 Å². The molecule has 3 aromatic carbocycles. The summed E-state index contributed by atoms with van der Waals surface area (Å²) in [4.78, 5) is 0. The van der Waals surface area contributed by atoms with Crippen LogP contribution in [0.4, 0.5) is 0 Å². The highest BCUT2D eigenvalue weighted by Crippen LogP contribution is 2.42. The molecule has 1 nitrogen and oxygen atoms in total. The minimum atomic E-state index is 0.260. The fourth-order valence-corrected chi connectivity index (χ4v) is 3.34. The number of benzene rings is 3. The van der Waals surface area contributed by atoms with E-state index in [2.05, 4.69) is 96.3 Å². The smallest absolute Gasteiger partial charge is 0.0579 e. The molecule has 3 aromatic rings. The molecule has 4 rings (SSSR count). The fourth-order valence-electron chi connectivity index (χ4n) is 3.34. The Morgan fingerprint density at radius 1 is 0.652 bits per heavy atom. The molecule has 1 saturated carbocycles. The van der Waals surface area contributed by atoms with Gasteiger partial charge in [-0.2, -0.15) is 0 Å². The van der Waals surface area contributed by atoms with Crippen molar-refractivity contribution in [2.45, 2.75) is 24.4 Å². The standard InChI is InChI=1S/C22H21N/c1-4-10-17(11-5-1)20-16-21(20)23-22(18-12-6-2-7-13-18)19-14-8-3-9-15-19/h1-15,20-23H,16H2. The maximum Gasteiger partial charge on any atom is 0.0579 e. The predicted octanol–water partition coefficient (Wildman–Crippen LogP) is 4.92. The summed E-state index contributed by atoms with van der Waals surface area (Å²) in [6.45, 7) is 0. The van der Waals surface area contributed by atoms with Crippen molar-refractivity contribution >= 4 is 0 Å². The van der Waals surface area contributed by atoms with Crippen LogP contribution in [0.1, 0.15) is 35.1 Å². The van der Waals surface area contributed by atoms with Crippen molar-refractivity contribution in [2.24, 2.45) is 0 Å². The molecule has 1 heteroatoms. The molecule has 0 bridgehead atoms. The molecule has 0 aromatic heterocycles. The van der Waals surface area contributed by atoms with E-state index in [-0.39, 0.29) is 6.04 Å². The van der Waals surface area contributed by atoms with Crippen molar-refractivity contribution in [3.63, 3.8) is 0 Å². The van der Waals surface area contributed by atoms with E-state index in [0.717, 1.165) is 0 Å². The van der Waals surface area contributed by atoms with E-state index in [9.17, 15) is 0 Å². The predicted molar refractivity (Wildman–Crippen MR) is 95.5 cm³/mol. The second-order valence-corrected chi connectivity index (χ2v) is 6.28. The van der Waals surface area contributed by atoms with Crippen LogP contribution in [-0.4, -0.2) is 6.04 Å². The third kappa shape index (κ3) is 3.20. The van der Waals surface area contributed by atoms with E-state index in [1.54, 1.807) is 0 Å². The van der Waals surface area contributed by atoms with E-state index in [4.69, 9.17) is 0 Å². The third-order valence-corrected chi connectivity index (χ3v) is 4.66. The van der Waals surface area contributed by atoms with Gasteiger partial charge in [0.2, 0.25) is 0 Å². The van der Waals surface area contributed by atoms with E-state index >= 15 is 0 Å². The van der Waals surface area contributed by atoms with E-state index in [0.29, 0.717) is 12.0 Å². The summed E-state index contributed by atoms with van der Waals surface area (Å²) in [6, 6.07) is 33.2. The SMILES string of the molecule is c1ccc(C(NC2CC2c2ccccc2)c2ccccc2)cc1. The molecule has 1 N–H and O–H groups in total. The van der Waals surface area contributed by atoms with Gasteiger partial charge in [-0.25, -0.2) is 0 Å². The van der Waals surface area contributed by atoms with Crippen molar-refractivity contribution in [1.29, 1.82) is 0 Å². The average Bonchev–Trinajstić information content (AvgIpc) is 3.41. The van der Waals surface area contributed by atoms with Crippen LogP contribution >= 0.6 is 0 Å². The lowest BCUT2D eigenvalue weighted by Gasteiger charge is -2.20.